The number of hydrogen-bond acceptors (Lipinski definition) is 5. The molecule has 6 nitrogen and oxygen atoms in total. The second kappa shape index (κ2) is 11.7. The molecule has 1 aromatic rings. The standard InChI is InChI=1S/C25H38N2O4/c1-4-30-25-21(11-8-16-28)22(19(2)3)17-23(31-25)24(29)27-14-12-26(13-15-27)18-20-9-6-5-7-10-20/h5-7,9-10,17,19,21-22,25,28H,4,8,11-16,18H2,1-3H3/t21-,22-,25-/m0/s1. The summed E-state index contributed by atoms with van der Waals surface area (Å²) in [7, 11) is 0. The molecule has 31 heavy (non-hydrogen) atoms. The zero-order chi connectivity index (χ0) is 22.2. The molecule has 6 heteroatoms. The van der Waals surface area contributed by atoms with E-state index in [4.69, 9.17) is 9.47 Å². The molecule has 1 aromatic carbocycles. The maximum absolute atomic E-state index is 13.3. The minimum Gasteiger partial charge on any atom is -0.459 e. The SMILES string of the molecule is CCO[C@H]1OC(C(=O)N2CCN(Cc3ccccc3)CC2)=C[C@@H](C(C)C)[C@@H]1CCCO. The molecule has 2 heterocycles. The number of ether oxygens (including phenoxy) is 2. The highest BCUT2D eigenvalue weighted by atomic mass is 16.7. The summed E-state index contributed by atoms with van der Waals surface area (Å²) in [6.45, 7) is 11.0. The van der Waals surface area contributed by atoms with Crippen molar-refractivity contribution in [1.29, 1.82) is 0 Å². The van der Waals surface area contributed by atoms with Crippen LogP contribution in [0, 0.1) is 17.8 Å². The van der Waals surface area contributed by atoms with Crippen LogP contribution in [0.2, 0.25) is 0 Å². The Labute approximate surface area is 186 Å². The molecule has 0 bridgehead atoms. The molecule has 3 atom stereocenters. The normalized spacial score (nSPS) is 24.7. The Morgan fingerprint density at radius 1 is 1.19 bits per heavy atom. The molecule has 1 amide bonds. The van der Waals surface area contributed by atoms with Crippen LogP contribution in [-0.4, -0.2) is 66.5 Å². The summed E-state index contributed by atoms with van der Waals surface area (Å²) < 4.78 is 12.0. The van der Waals surface area contributed by atoms with Crippen LogP contribution in [0.3, 0.4) is 0 Å². The Kier molecular flexibility index (Phi) is 8.93. The molecule has 172 valence electrons. The van der Waals surface area contributed by atoms with E-state index >= 15 is 0 Å². The quantitative estimate of drug-likeness (QED) is 0.652. The summed E-state index contributed by atoms with van der Waals surface area (Å²) in [5.74, 6) is 1.09. The predicted octanol–water partition coefficient (Wildman–Crippen LogP) is 3.27. The van der Waals surface area contributed by atoms with E-state index in [1.54, 1.807) is 0 Å². The Bertz CT molecular complexity index is 713. The van der Waals surface area contributed by atoms with Gasteiger partial charge in [-0.05, 0) is 43.2 Å². The average molecular weight is 431 g/mol. The van der Waals surface area contributed by atoms with Crippen LogP contribution in [0.5, 0.6) is 0 Å². The van der Waals surface area contributed by atoms with Crippen molar-refractivity contribution in [3.05, 3.63) is 47.7 Å². The van der Waals surface area contributed by atoms with Crippen molar-refractivity contribution in [3.8, 4) is 0 Å². The molecular weight excluding hydrogens is 392 g/mol. The fourth-order valence-corrected chi connectivity index (χ4v) is 4.62. The molecular formula is C25H38N2O4. The molecule has 0 aromatic heterocycles. The molecule has 0 unspecified atom stereocenters. The minimum atomic E-state index is -0.438. The average Bonchev–Trinajstić information content (AvgIpc) is 2.78. The number of carbonyl (C=O) groups is 1. The fourth-order valence-electron chi connectivity index (χ4n) is 4.62. The highest BCUT2D eigenvalue weighted by molar-refractivity contribution is 5.91. The summed E-state index contributed by atoms with van der Waals surface area (Å²) in [6, 6.07) is 10.5. The molecule has 1 saturated heterocycles. The van der Waals surface area contributed by atoms with Gasteiger partial charge < -0.3 is 19.5 Å². The van der Waals surface area contributed by atoms with E-state index < -0.39 is 6.29 Å². The van der Waals surface area contributed by atoms with Gasteiger partial charge in [0.05, 0.1) is 0 Å². The number of amides is 1. The van der Waals surface area contributed by atoms with E-state index in [0.717, 1.165) is 26.1 Å². The summed E-state index contributed by atoms with van der Waals surface area (Å²) >= 11 is 0. The van der Waals surface area contributed by atoms with Crippen LogP contribution in [0.15, 0.2) is 42.2 Å². The van der Waals surface area contributed by atoms with Crippen molar-refractivity contribution in [2.24, 2.45) is 17.8 Å². The summed E-state index contributed by atoms with van der Waals surface area (Å²) in [6.07, 6.45) is 3.11. The highest BCUT2D eigenvalue weighted by Crippen LogP contribution is 2.37. The Morgan fingerprint density at radius 2 is 1.90 bits per heavy atom. The molecule has 1 N–H and O–H groups in total. The molecule has 0 saturated carbocycles. The third-order valence-electron chi connectivity index (χ3n) is 6.35. The second-order valence-corrected chi connectivity index (χ2v) is 8.88. The predicted molar refractivity (Wildman–Crippen MR) is 121 cm³/mol. The lowest BCUT2D eigenvalue weighted by Crippen LogP contribution is -2.50. The van der Waals surface area contributed by atoms with Crippen LogP contribution < -0.4 is 0 Å². The lowest BCUT2D eigenvalue weighted by molar-refractivity contribution is -0.178. The Balaban J connectivity index is 1.64. The van der Waals surface area contributed by atoms with Crippen molar-refractivity contribution in [2.75, 3.05) is 39.4 Å². The number of hydrogen-bond donors (Lipinski definition) is 1. The topological polar surface area (TPSA) is 62.2 Å². The molecule has 0 aliphatic carbocycles. The van der Waals surface area contributed by atoms with Crippen LogP contribution in [0.25, 0.3) is 0 Å². The third-order valence-corrected chi connectivity index (χ3v) is 6.35. The van der Waals surface area contributed by atoms with E-state index in [9.17, 15) is 9.90 Å². The van der Waals surface area contributed by atoms with Gasteiger partial charge in [0.15, 0.2) is 5.76 Å². The van der Waals surface area contributed by atoms with Gasteiger partial charge in [0.25, 0.3) is 5.91 Å². The smallest absolute Gasteiger partial charge is 0.288 e. The van der Waals surface area contributed by atoms with Gasteiger partial charge in [0, 0.05) is 51.9 Å². The fraction of sp³-hybridized carbons (Fsp3) is 0.640. The Morgan fingerprint density at radius 3 is 2.52 bits per heavy atom. The molecule has 2 aliphatic heterocycles. The zero-order valence-corrected chi connectivity index (χ0v) is 19.2. The van der Waals surface area contributed by atoms with Crippen LogP contribution in [0.4, 0.5) is 0 Å². The second-order valence-electron chi connectivity index (χ2n) is 8.88. The summed E-state index contributed by atoms with van der Waals surface area (Å²) in [5, 5.41) is 9.30. The maximum atomic E-state index is 13.3. The van der Waals surface area contributed by atoms with E-state index in [2.05, 4.69) is 43.0 Å². The largest absolute Gasteiger partial charge is 0.459 e. The number of carbonyl (C=O) groups excluding carboxylic acids is 1. The summed E-state index contributed by atoms with van der Waals surface area (Å²) in [5.41, 5.74) is 1.30. The van der Waals surface area contributed by atoms with Gasteiger partial charge >= 0.3 is 0 Å². The number of aliphatic hydroxyl groups is 1. The van der Waals surface area contributed by atoms with Gasteiger partial charge in [-0.3, -0.25) is 9.69 Å². The van der Waals surface area contributed by atoms with Crippen molar-refractivity contribution >= 4 is 5.91 Å². The van der Waals surface area contributed by atoms with Crippen LogP contribution in [0.1, 0.15) is 39.2 Å². The zero-order valence-electron chi connectivity index (χ0n) is 19.2. The number of piperazine rings is 1. The molecule has 0 radical (unpaired) electrons. The first-order chi connectivity index (χ1) is 15.0. The Hall–Kier alpha value is -1.89. The molecule has 0 spiro atoms. The number of allylic oxidation sites excluding steroid dienone is 1. The van der Waals surface area contributed by atoms with Crippen molar-refractivity contribution in [2.45, 2.75) is 46.4 Å². The molecule has 1 fully saturated rings. The minimum absolute atomic E-state index is 0.0321. The van der Waals surface area contributed by atoms with Crippen molar-refractivity contribution in [3.63, 3.8) is 0 Å². The van der Waals surface area contributed by atoms with E-state index in [1.165, 1.54) is 5.56 Å². The maximum Gasteiger partial charge on any atom is 0.288 e. The van der Waals surface area contributed by atoms with E-state index in [-0.39, 0.29) is 24.3 Å². The van der Waals surface area contributed by atoms with Crippen LogP contribution in [-0.2, 0) is 20.8 Å². The van der Waals surface area contributed by atoms with Gasteiger partial charge in [-0.25, -0.2) is 0 Å². The first kappa shape index (κ1) is 23.8. The summed E-state index contributed by atoms with van der Waals surface area (Å²) in [4.78, 5) is 17.6. The van der Waals surface area contributed by atoms with Gasteiger partial charge in [0.1, 0.15) is 0 Å². The first-order valence-electron chi connectivity index (χ1n) is 11.7. The van der Waals surface area contributed by atoms with E-state index in [1.807, 2.05) is 24.0 Å². The lowest BCUT2D eigenvalue weighted by Gasteiger charge is -2.40. The van der Waals surface area contributed by atoms with Crippen LogP contribution >= 0.6 is 0 Å². The molecule has 2 aliphatic rings. The number of benzene rings is 1. The highest BCUT2D eigenvalue weighted by Gasteiger charge is 2.39. The van der Waals surface area contributed by atoms with Gasteiger partial charge in [-0.2, -0.15) is 0 Å². The number of rotatable bonds is 9. The lowest BCUT2D eigenvalue weighted by atomic mass is 9.78. The monoisotopic (exact) mass is 430 g/mol. The number of nitrogens with zero attached hydrogens (tertiary/aromatic N) is 2. The van der Waals surface area contributed by atoms with Gasteiger partial charge in [-0.1, -0.05) is 44.2 Å². The third kappa shape index (κ3) is 6.31. The first-order valence-corrected chi connectivity index (χ1v) is 11.7. The van der Waals surface area contributed by atoms with Gasteiger partial charge in [0.2, 0.25) is 6.29 Å². The van der Waals surface area contributed by atoms with Crippen molar-refractivity contribution < 1.29 is 19.4 Å². The van der Waals surface area contributed by atoms with Crippen molar-refractivity contribution in [1.82, 2.24) is 9.80 Å². The van der Waals surface area contributed by atoms with Gasteiger partial charge in [-0.15, -0.1) is 0 Å². The molecule has 3 rings (SSSR count). The number of aliphatic hydroxyl groups excluding tert-OH is 1. The van der Waals surface area contributed by atoms with E-state index in [0.29, 0.717) is 37.8 Å².